The Morgan fingerprint density at radius 1 is 1.26 bits per heavy atom. The largest absolute Gasteiger partial charge is 0.311 e. The Hall–Kier alpha value is -0.280. The van der Waals surface area contributed by atoms with E-state index in [9.17, 15) is 0 Å². The topological polar surface area (TPSA) is 15.3 Å². The van der Waals surface area contributed by atoms with Gasteiger partial charge in [-0.2, -0.15) is 0 Å². The first kappa shape index (κ1) is 13.7. The normalized spacial score (nSPS) is 28.6. The number of hydrogen-bond donors (Lipinski definition) is 1. The summed E-state index contributed by atoms with van der Waals surface area (Å²) in [5.74, 6) is 0.862. The molecule has 1 saturated carbocycles. The van der Waals surface area contributed by atoms with Gasteiger partial charge in [0.15, 0.2) is 0 Å². The zero-order valence-corrected chi connectivity index (χ0v) is 12.7. The van der Waals surface area contributed by atoms with Crippen molar-refractivity contribution in [3.8, 4) is 0 Å². The van der Waals surface area contributed by atoms with Crippen LogP contribution in [0.1, 0.15) is 25.3 Å². The fourth-order valence-corrected chi connectivity index (χ4v) is 3.53. The van der Waals surface area contributed by atoms with Crippen LogP contribution in [-0.4, -0.2) is 30.1 Å². The van der Waals surface area contributed by atoms with Crippen molar-refractivity contribution in [2.45, 2.75) is 38.4 Å². The van der Waals surface area contributed by atoms with E-state index in [4.69, 9.17) is 23.2 Å². The monoisotopic (exact) mass is 298 g/mol. The Kier molecular flexibility index (Phi) is 4.04. The lowest BCUT2D eigenvalue weighted by Gasteiger charge is -2.40. The Morgan fingerprint density at radius 3 is 2.58 bits per heavy atom. The summed E-state index contributed by atoms with van der Waals surface area (Å²) in [5, 5.41) is 5.16. The molecule has 2 aliphatic rings. The van der Waals surface area contributed by atoms with Crippen molar-refractivity contribution in [2.24, 2.45) is 5.92 Å². The first-order valence-corrected chi connectivity index (χ1v) is 7.81. The Bertz CT molecular complexity index is 439. The standard InChI is InChI=1S/C15H20Cl2N2/c1-10-8-19(15(7-18-10)11-5-6-11)9-12-13(16)3-2-4-14(12)17/h2-4,10-11,15,18H,5-9H2,1H3. The second kappa shape index (κ2) is 5.61. The lowest BCUT2D eigenvalue weighted by atomic mass is 10.0. The maximum Gasteiger partial charge on any atom is 0.0465 e. The van der Waals surface area contributed by atoms with E-state index in [1.807, 2.05) is 18.2 Å². The highest BCUT2D eigenvalue weighted by molar-refractivity contribution is 6.35. The number of rotatable bonds is 3. The van der Waals surface area contributed by atoms with Gasteiger partial charge in [-0.3, -0.25) is 4.90 Å². The quantitative estimate of drug-likeness (QED) is 0.918. The van der Waals surface area contributed by atoms with Gasteiger partial charge in [-0.05, 0) is 37.8 Å². The molecule has 0 spiro atoms. The van der Waals surface area contributed by atoms with Crippen LogP contribution < -0.4 is 5.32 Å². The predicted molar refractivity (Wildman–Crippen MR) is 80.8 cm³/mol. The Balaban J connectivity index is 1.79. The number of nitrogens with one attached hydrogen (secondary N) is 1. The molecule has 2 unspecified atom stereocenters. The molecule has 1 aromatic rings. The minimum Gasteiger partial charge on any atom is -0.311 e. The van der Waals surface area contributed by atoms with Gasteiger partial charge in [0.2, 0.25) is 0 Å². The zero-order chi connectivity index (χ0) is 13.4. The number of nitrogens with zero attached hydrogens (tertiary/aromatic N) is 1. The molecule has 1 aromatic carbocycles. The van der Waals surface area contributed by atoms with E-state index in [0.717, 1.165) is 41.2 Å². The molecule has 2 atom stereocenters. The molecule has 1 saturated heterocycles. The molecule has 3 rings (SSSR count). The summed E-state index contributed by atoms with van der Waals surface area (Å²) in [7, 11) is 0. The highest BCUT2D eigenvalue weighted by Crippen LogP contribution is 2.37. The van der Waals surface area contributed by atoms with Crippen LogP contribution in [-0.2, 0) is 6.54 Å². The van der Waals surface area contributed by atoms with Crippen molar-refractivity contribution in [1.29, 1.82) is 0 Å². The van der Waals surface area contributed by atoms with Crippen molar-refractivity contribution >= 4 is 23.2 Å². The van der Waals surface area contributed by atoms with Gasteiger partial charge in [-0.15, -0.1) is 0 Å². The van der Waals surface area contributed by atoms with Gasteiger partial charge in [0.1, 0.15) is 0 Å². The first-order chi connectivity index (χ1) is 9.15. The van der Waals surface area contributed by atoms with Gasteiger partial charge in [0, 0.05) is 47.3 Å². The van der Waals surface area contributed by atoms with Crippen LogP contribution in [0.5, 0.6) is 0 Å². The fourth-order valence-electron chi connectivity index (χ4n) is 3.02. The van der Waals surface area contributed by atoms with Gasteiger partial charge in [-0.1, -0.05) is 29.3 Å². The van der Waals surface area contributed by atoms with E-state index >= 15 is 0 Å². The maximum atomic E-state index is 6.30. The summed E-state index contributed by atoms with van der Waals surface area (Å²) in [6.45, 7) is 5.27. The lowest BCUT2D eigenvalue weighted by Crippen LogP contribution is -2.55. The van der Waals surface area contributed by atoms with Crippen molar-refractivity contribution < 1.29 is 0 Å². The summed E-state index contributed by atoms with van der Waals surface area (Å²) >= 11 is 12.6. The molecule has 4 heteroatoms. The van der Waals surface area contributed by atoms with Crippen LogP contribution in [0.2, 0.25) is 10.0 Å². The summed E-state index contributed by atoms with van der Waals surface area (Å²) in [5.41, 5.74) is 1.07. The fraction of sp³-hybridized carbons (Fsp3) is 0.600. The van der Waals surface area contributed by atoms with Gasteiger partial charge in [-0.25, -0.2) is 0 Å². The lowest BCUT2D eigenvalue weighted by molar-refractivity contribution is 0.112. The highest BCUT2D eigenvalue weighted by Gasteiger charge is 2.38. The van der Waals surface area contributed by atoms with Crippen molar-refractivity contribution in [1.82, 2.24) is 10.2 Å². The second-order valence-corrected chi connectivity index (χ2v) is 6.66. The molecule has 1 heterocycles. The molecule has 104 valence electrons. The van der Waals surface area contributed by atoms with E-state index in [1.54, 1.807) is 0 Å². The van der Waals surface area contributed by atoms with E-state index < -0.39 is 0 Å². The molecular weight excluding hydrogens is 279 g/mol. The van der Waals surface area contributed by atoms with Gasteiger partial charge >= 0.3 is 0 Å². The van der Waals surface area contributed by atoms with Crippen LogP contribution >= 0.6 is 23.2 Å². The molecule has 19 heavy (non-hydrogen) atoms. The molecule has 0 aromatic heterocycles. The highest BCUT2D eigenvalue weighted by atomic mass is 35.5. The van der Waals surface area contributed by atoms with Crippen LogP contribution in [0.25, 0.3) is 0 Å². The molecule has 0 amide bonds. The third-order valence-corrected chi connectivity index (χ3v) is 4.95. The SMILES string of the molecule is CC1CN(Cc2c(Cl)cccc2Cl)C(C2CC2)CN1. The summed E-state index contributed by atoms with van der Waals surface area (Å²) < 4.78 is 0. The summed E-state index contributed by atoms with van der Waals surface area (Å²) in [4.78, 5) is 2.56. The van der Waals surface area contributed by atoms with Gasteiger partial charge in [0.05, 0.1) is 0 Å². The van der Waals surface area contributed by atoms with Crippen LogP contribution in [0.3, 0.4) is 0 Å². The molecule has 0 bridgehead atoms. The Morgan fingerprint density at radius 2 is 1.95 bits per heavy atom. The zero-order valence-electron chi connectivity index (χ0n) is 11.2. The molecule has 2 nitrogen and oxygen atoms in total. The second-order valence-electron chi connectivity index (χ2n) is 5.84. The average molecular weight is 299 g/mol. The van der Waals surface area contributed by atoms with E-state index in [0.29, 0.717) is 12.1 Å². The minimum atomic E-state index is 0.538. The molecule has 0 radical (unpaired) electrons. The van der Waals surface area contributed by atoms with Gasteiger partial charge < -0.3 is 5.32 Å². The minimum absolute atomic E-state index is 0.538. The molecule has 2 fully saturated rings. The van der Waals surface area contributed by atoms with Gasteiger partial charge in [0.25, 0.3) is 0 Å². The smallest absolute Gasteiger partial charge is 0.0465 e. The maximum absolute atomic E-state index is 6.30. The van der Waals surface area contributed by atoms with Crippen LogP contribution in [0.15, 0.2) is 18.2 Å². The van der Waals surface area contributed by atoms with Crippen LogP contribution in [0.4, 0.5) is 0 Å². The first-order valence-electron chi connectivity index (χ1n) is 7.05. The van der Waals surface area contributed by atoms with Crippen molar-refractivity contribution in [2.75, 3.05) is 13.1 Å². The summed E-state index contributed by atoms with van der Waals surface area (Å²) in [6, 6.07) is 6.95. The molecule has 1 N–H and O–H groups in total. The van der Waals surface area contributed by atoms with Crippen molar-refractivity contribution in [3.63, 3.8) is 0 Å². The number of halogens is 2. The Labute approximate surface area is 125 Å². The molecular formula is C15H20Cl2N2. The van der Waals surface area contributed by atoms with E-state index in [2.05, 4.69) is 17.1 Å². The summed E-state index contributed by atoms with van der Waals surface area (Å²) in [6.07, 6.45) is 2.74. The van der Waals surface area contributed by atoms with E-state index in [-0.39, 0.29) is 0 Å². The van der Waals surface area contributed by atoms with E-state index in [1.165, 1.54) is 12.8 Å². The predicted octanol–water partition coefficient (Wildman–Crippen LogP) is 3.57. The number of hydrogen-bond acceptors (Lipinski definition) is 2. The van der Waals surface area contributed by atoms with Crippen molar-refractivity contribution in [3.05, 3.63) is 33.8 Å². The number of piperazine rings is 1. The molecule has 1 aliphatic carbocycles. The third kappa shape index (κ3) is 3.08. The average Bonchev–Trinajstić information content (AvgIpc) is 3.18. The number of benzene rings is 1. The van der Waals surface area contributed by atoms with Crippen LogP contribution in [0, 0.1) is 5.92 Å². The molecule has 1 aliphatic heterocycles. The third-order valence-electron chi connectivity index (χ3n) is 4.24.